The van der Waals surface area contributed by atoms with Gasteiger partial charge in [0, 0.05) is 50.6 Å². The Kier molecular flexibility index (Phi) is 6.51. The van der Waals surface area contributed by atoms with Crippen molar-refractivity contribution < 1.29 is 14.3 Å². The molecular formula is C26H30N8O3. The van der Waals surface area contributed by atoms with Crippen LogP contribution in [0, 0.1) is 13.8 Å². The van der Waals surface area contributed by atoms with Crippen LogP contribution in [0.25, 0.3) is 17.1 Å². The number of nitrogens with zero attached hydrogens (tertiary/aromatic N) is 8. The van der Waals surface area contributed by atoms with Crippen molar-refractivity contribution >= 4 is 11.7 Å². The van der Waals surface area contributed by atoms with E-state index in [0.29, 0.717) is 49.1 Å². The number of aryl methyl sites for hydroxylation is 3. The predicted molar refractivity (Wildman–Crippen MR) is 138 cm³/mol. The lowest BCUT2D eigenvalue weighted by molar-refractivity contribution is 0.0735. The van der Waals surface area contributed by atoms with E-state index in [4.69, 9.17) is 9.47 Å². The molecule has 11 heteroatoms. The molecule has 0 radical (unpaired) electrons. The largest absolute Gasteiger partial charge is 0.497 e. The van der Waals surface area contributed by atoms with Gasteiger partial charge in [0.2, 0.25) is 0 Å². The Morgan fingerprint density at radius 2 is 1.65 bits per heavy atom. The van der Waals surface area contributed by atoms with E-state index in [-0.39, 0.29) is 5.91 Å². The number of carbonyl (C=O) groups excluding carboxylic acids is 1. The van der Waals surface area contributed by atoms with Crippen molar-refractivity contribution in [2.75, 3.05) is 45.3 Å². The molecule has 37 heavy (non-hydrogen) atoms. The molecule has 0 unspecified atom stereocenters. The molecule has 3 aromatic heterocycles. The second kappa shape index (κ2) is 9.92. The van der Waals surface area contributed by atoms with Crippen LogP contribution < -0.4 is 14.4 Å². The van der Waals surface area contributed by atoms with Gasteiger partial charge in [0.05, 0.1) is 25.6 Å². The monoisotopic (exact) mass is 502 g/mol. The number of amides is 1. The second-order valence-electron chi connectivity index (χ2n) is 8.96. The number of ether oxygens (including phenoxy) is 2. The molecule has 1 aliphatic heterocycles. The van der Waals surface area contributed by atoms with Gasteiger partial charge in [-0.25, -0.2) is 14.6 Å². The van der Waals surface area contributed by atoms with Crippen LogP contribution in [0.4, 0.5) is 5.82 Å². The fourth-order valence-corrected chi connectivity index (χ4v) is 4.60. The van der Waals surface area contributed by atoms with Crippen LogP contribution in [-0.2, 0) is 7.05 Å². The lowest BCUT2D eigenvalue weighted by Crippen LogP contribution is -2.49. The summed E-state index contributed by atoms with van der Waals surface area (Å²) >= 11 is 0. The highest BCUT2D eigenvalue weighted by Gasteiger charge is 2.26. The molecule has 0 bridgehead atoms. The minimum atomic E-state index is -0.0613. The van der Waals surface area contributed by atoms with Gasteiger partial charge in [0.25, 0.3) is 5.91 Å². The van der Waals surface area contributed by atoms with E-state index in [1.807, 2.05) is 53.8 Å². The third-order valence-electron chi connectivity index (χ3n) is 6.54. The van der Waals surface area contributed by atoms with E-state index in [1.54, 1.807) is 38.3 Å². The molecule has 0 spiro atoms. The van der Waals surface area contributed by atoms with Gasteiger partial charge in [0.1, 0.15) is 29.3 Å². The highest BCUT2D eigenvalue weighted by Crippen LogP contribution is 2.33. The molecule has 0 aliphatic carbocycles. The van der Waals surface area contributed by atoms with Gasteiger partial charge in [-0.1, -0.05) is 0 Å². The van der Waals surface area contributed by atoms with Gasteiger partial charge < -0.3 is 19.3 Å². The van der Waals surface area contributed by atoms with Gasteiger partial charge in [-0.3, -0.25) is 9.48 Å². The number of hydrogen-bond donors (Lipinski definition) is 0. The first-order valence-corrected chi connectivity index (χ1v) is 12.0. The zero-order chi connectivity index (χ0) is 26.1. The van der Waals surface area contributed by atoms with Crippen LogP contribution in [0.2, 0.25) is 0 Å². The summed E-state index contributed by atoms with van der Waals surface area (Å²) in [5.74, 6) is 2.84. The molecule has 1 aliphatic rings. The summed E-state index contributed by atoms with van der Waals surface area (Å²) in [5, 5.41) is 9.11. The first-order valence-electron chi connectivity index (χ1n) is 12.0. The highest BCUT2D eigenvalue weighted by atomic mass is 16.5. The predicted octanol–water partition coefficient (Wildman–Crippen LogP) is 2.66. The summed E-state index contributed by atoms with van der Waals surface area (Å²) < 4.78 is 14.3. The Morgan fingerprint density at radius 3 is 2.32 bits per heavy atom. The number of aromatic nitrogens is 6. The van der Waals surface area contributed by atoms with E-state index in [9.17, 15) is 4.79 Å². The van der Waals surface area contributed by atoms with E-state index < -0.39 is 0 Å². The molecule has 11 nitrogen and oxygen atoms in total. The standard InChI is InChI=1S/C26H30N8O3/c1-17-12-18(2)34(29-17)25-15-24(27-16-28-25)32-8-10-33(11-9-32)26(35)22-14-21(30-31(22)3)20-13-19(36-4)6-7-23(20)37-5/h6-7,12-16H,8-11H2,1-5H3. The Labute approximate surface area is 215 Å². The van der Waals surface area contributed by atoms with Crippen molar-refractivity contribution in [3.8, 4) is 28.6 Å². The summed E-state index contributed by atoms with van der Waals surface area (Å²) in [6.45, 7) is 6.42. The SMILES string of the molecule is COc1ccc(OC)c(-c2cc(C(=O)N3CCN(c4cc(-n5nc(C)cc5C)ncn4)CC3)n(C)n2)c1. The summed E-state index contributed by atoms with van der Waals surface area (Å²) in [5.41, 5.74) is 3.89. The second-order valence-corrected chi connectivity index (χ2v) is 8.96. The maximum absolute atomic E-state index is 13.4. The Morgan fingerprint density at radius 1 is 0.892 bits per heavy atom. The molecule has 4 aromatic rings. The van der Waals surface area contributed by atoms with Crippen LogP contribution in [0.1, 0.15) is 21.9 Å². The molecule has 0 N–H and O–H groups in total. The van der Waals surface area contributed by atoms with Crippen molar-refractivity contribution in [1.29, 1.82) is 0 Å². The lowest BCUT2D eigenvalue weighted by atomic mass is 10.1. The maximum Gasteiger partial charge on any atom is 0.272 e. The molecule has 192 valence electrons. The van der Waals surface area contributed by atoms with Gasteiger partial charge in [-0.05, 0) is 44.2 Å². The van der Waals surface area contributed by atoms with Gasteiger partial charge in [0.15, 0.2) is 5.82 Å². The first kappa shape index (κ1) is 24.3. The number of anilines is 1. The summed E-state index contributed by atoms with van der Waals surface area (Å²) in [4.78, 5) is 26.3. The average molecular weight is 503 g/mol. The first-order chi connectivity index (χ1) is 17.9. The zero-order valence-electron chi connectivity index (χ0n) is 21.7. The number of carbonyl (C=O) groups is 1. The number of piperazine rings is 1. The molecule has 1 saturated heterocycles. The number of methoxy groups -OCH3 is 2. The van der Waals surface area contributed by atoms with Gasteiger partial charge >= 0.3 is 0 Å². The van der Waals surface area contributed by atoms with Crippen molar-refractivity contribution in [2.45, 2.75) is 13.8 Å². The van der Waals surface area contributed by atoms with Crippen molar-refractivity contribution in [3.63, 3.8) is 0 Å². The molecule has 0 saturated carbocycles. The van der Waals surface area contributed by atoms with Crippen molar-refractivity contribution in [1.82, 2.24) is 34.4 Å². The Balaban J connectivity index is 1.30. The molecule has 1 amide bonds. The maximum atomic E-state index is 13.4. The molecular weight excluding hydrogens is 472 g/mol. The fourth-order valence-electron chi connectivity index (χ4n) is 4.60. The average Bonchev–Trinajstić information content (AvgIpc) is 3.48. The van der Waals surface area contributed by atoms with E-state index in [0.717, 1.165) is 28.6 Å². The number of rotatable bonds is 6. The van der Waals surface area contributed by atoms with Crippen molar-refractivity contribution in [3.05, 3.63) is 59.8 Å². The van der Waals surface area contributed by atoms with E-state index in [1.165, 1.54) is 0 Å². The summed E-state index contributed by atoms with van der Waals surface area (Å²) in [7, 11) is 5.00. The van der Waals surface area contributed by atoms with Crippen LogP contribution in [0.15, 0.2) is 42.7 Å². The van der Waals surface area contributed by atoms with Crippen LogP contribution in [-0.4, -0.2) is 80.7 Å². The third kappa shape index (κ3) is 4.72. The number of hydrogen-bond acceptors (Lipinski definition) is 8. The molecule has 5 rings (SSSR count). The Bertz CT molecular complexity index is 1440. The van der Waals surface area contributed by atoms with Gasteiger partial charge in [-0.2, -0.15) is 10.2 Å². The van der Waals surface area contributed by atoms with Crippen LogP contribution in [0.3, 0.4) is 0 Å². The molecule has 1 fully saturated rings. The van der Waals surface area contributed by atoms with Crippen LogP contribution >= 0.6 is 0 Å². The van der Waals surface area contributed by atoms with Gasteiger partial charge in [-0.15, -0.1) is 0 Å². The smallest absolute Gasteiger partial charge is 0.272 e. The zero-order valence-corrected chi connectivity index (χ0v) is 21.7. The Hall–Kier alpha value is -4.41. The third-order valence-corrected chi connectivity index (χ3v) is 6.54. The van der Waals surface area contributed by atoms with E-state index >= 15 is 0 Å². The quantitative estimate of drug-likeness (QED) is 0.397. The molecule has 4 heterocycles. The highest BCUT2D eigenvalue weighted by molar-refractivity contribution is 5.94. The van der Waals surface area contributed by atoms with E-state index in [2.05, 4.69) is 25.1 Å². The topological polar surface area (TPSA) is 103 Å². The lowest BCUT2D eigenvalue weighted by Gasteiger charge is -2.35. The van der Waals surface area contributed by atoms with Crippen molar-refractivity contribution in [2.24, 2.45) is 7.05 Å². The fraction of sp³-hybridized carbons (Fsp3) is 0.346. The van der Waals surface area contributed by atoms with Crippen LogP contribution in [0.5, 0.6) is 11.5 Å². The minimum Gasteiger partial charge on any atom is -0.497 e. The minimum absolute atomic E-state index is 0.0613. The normalized spacial score (nSPS) is 13.6. The number of benzene rings is 1. The molecule has 0 atom stereocenters. The summed E-state index contributed by atoms with van der Waals surface area (Å²) in [6.07, 6.45) is 1.56. The summed E-state index contributed by atoms with van der Waals surface area (Å²) in [6, 6.07) is 11.3. The molecule has 1 aromatic carbocycles.